The number of hydrogen-bond acceptors (Lipinski definition) is 4. The van der Waals surface area contributed by atoms with Crippen molar-refractivity contribution >= 4 is 11.6 Å². The molecule has 0 aromatic carbocycles. The molecule has 4 heteroatoms. The van der Waals surface area contributed by atoms with E-state index in [0.29, 0.717) is 19.3 Å². The first-order chi connectivity index (χ1) is 11.6. The van der Waals surface area contributed by atoms with Gasteiger partial charge in [-0.15, -0.1) is 0 Å². The highest BCUT2D eigenvalue weighted by atomic mass is 16.3. The van der Waals surface area contributed by atoms with Gasteiger partial charge in [-0.05, 0) is 68.8 Å². The molecule has 0 radical (unpaired) electrons. The fourth-order valence-corrected chi connectivity index (χ4v) is 7.29. The van der Waals surface area contributed by atoms with Crippen molar-refractivity contribution in [2.24, 2.45) is 28.6 Å². The Morgan fingerprint density at radius 2 is 1.92 bits per heavy atom. The van der Waals surface area contributed by atoms with E-state index in [9.17, 15) is 19.8 Å². The van der Waals surface area contributed by atoms with E-state index in [4.69, 9.17) is 0 Å². The van der Waals surface area contributed by atoms with Crippen molar-refractivity contribution in [1.82, 2.24) is 0 Å². The molecule has 0 aromatic rings. The summed E-state index contributed by atoms with van der Waals surface area (Å²) in [6.07, 6.45) is 6.03. The van der Waals surface area contributed by atoms with Gasteiger partial charge in [-0.2, -0.15) is 0 Å². The number of Topliss-reactive ketones (excluding diaryl/α,β-unsaturated/α-hetero) is 1. The SMILES string of the molecule is CC(=O)[C@H]1CC[C@@]2(O)[C@@H]3CCC4=CC(=O)CC[C@]4(C)[C@H]3C(O)C[C@]12C. The number of aliphatic hydroxyl groups is 2. The third-order valence-corrected chi connectivity index (χ3v) is 8.58. The first kappa shape index (κ1) is 17.4. The smallest absolute Gasteiger partial charge is 0.155 e. The molecule has 3 saturated carbocycles. The maximum absolute atomic E-state index is 12.2. The van der Waals surface area contributed by atoms with Crippen molar-refractivity contribution in [1.29, 1.82) is 0 Å². The van der Waals surface area contributed by atoms with Crippen molar-refractivity contribution in [2.75, 3.05) is 0 Å². The third-order valence-electron chi connectivity index (χ3n) is 8.58. The summed E-state index contributed by atoms with van der Waals surface area (Å²) >= 11 is 0. The quantitative estimate of drug-likeness (QED) is 0.766. The molecule has 0 saturated heterocycles. The van der Waals surface area contributed by atoms with Gasteiger partial charge in [0.2, 0.25) is 0 Å². The summed E-state index contributed by atoms with van der Waals surface area (Å²) in [4.78, 5) is 24.1. The van der Waals surface area contributed by atoms with Gasteiger partial charge < -0.3 is 10.2 Å². The predicted molar refractivity (Wildman–Crippen MR) is 93.7 cm³/mol. The van der Waals surface area contributed by atoms with E-state index in [1.54, 1.807) is 13.0 Å². The Kier molecular flexibility index (Phi) is 3.66. The van der Waals surface area contributed by atoms with Gasteiger partial charge in [-0.1, -0.05) is 19.4 Å². The van der Waals surface area contributed by atoms with Gasteiger partial charge in [-0.25, -0.2) is 0 Å². The average Bonchev–Trinajstić information content (AvgIpc) is 2.79. The fraction of sp³-hybridized carbons (Fsp3) is 0.810. The monoisotopic (exact) mass is 346 g/mol. The van der Waals surface area contributed by atoms with Gasteiger partial charge in [0.15, 0.2) is 5.78 Å². The predicted octanol–water partition coefficient (Wildman–Crippen LogP) is 2.81. The lowest BCUT2D eigenvalue weighted by Gasteiger charge is -2.62. The number of allylic oxidation sites excluding steroid dienone is 1. The van der Waals surface area contributed by atoms with E-state index in [-0.39, 0.29) is 34.7 Å². The Labute approximate surface area is 149 Å². The standard InChI is InChI=1S/C21H30O4/c1-12(22)15-7-9-21(25)16-5-4-13-10-14(23)6-8-19(13,2)18(16)17(24)11-20(15,21)3/h10,15-18,24-25H,4-9,11H2,1-3H3/t15-,16-,17?,18-,19+,20-,21-/m1/s1. The lowest BCUT2D eigenvalue weighted by molar-refractivity contribution is -0.218. The number of carbonyl (C=O) groups excluding carboxylic acids is 2. The third kappa shape index (κ3) is 2.07. The van der Waals surface area contributed by atoms with Crippen molar-refractivity contribution in [3.63, 3.8) is 0 Å². The van der Waals surface area contributed by atoms with Gasteiger partial charge in [-0.3, -0.25) is 9.59 Å². The Bertz CT molecular complexity index is 667. The lowest BCUT2D eigenvalue weighted by Crippen LogP contribution is -2.65. The molecular formula is C21H30O4. The molecule has 0 heterocycles. The molecule has 2 N–H and O–H groups in total. The largest absolute Gasteiger partial charge is 0.393 e. The summed E-state index contributed by atoms with van der Waals surface area (Å²) in [6, 6.07) is 0. The zero-order valence-electron chi connectivity index (χ0n) is 15.5. The van der Waals surface area contributed by atoms with Crippen molar-refractivity contribution in [3.05, 3.63) is 11.6 Å². The van der Waals surface area contributed by atoms with Crippen molar-refractivity contribution in [3.8, 4) is 0 Å². The molecular weight excluding hydrogens is 316 g/mol. The van der Waals surface area contributed by atoms with Crippen molar-refractivity contribution < 1.29 is 19.8 Å². The molecule has 0 bridgehead atoms. The van der Waals surface area contributed by atoms with Crippen LogP contribution in [0.4, 0.5) is 0 Å². The van der Waals surface area contributed by atoms with Crippen LogP contribution in [0.3, 0.4) is 0 Å². The topological polar surface area (TPSA) is 74.6 Å². The highest BCUT2D eigenvalue weighted by molar-refractivity contribution is 5.91. The van der Waals surface area contributed by atoms with Gasteiger partial charge >= 0.3 is 0 Å². The van der Waals surface area contributed by atoms with Crippen LogP contribution in [-0.2, 0) is 9.59 Å². The Balaban J connectivity index is 1.78. The van der Waals surface area contributed by atoms with Gasteiger partial charge in [0, 0.05) is 17.8 Å². The Morgan fingerprint density at radius 3 is 2.60 bits per heavy atom. The van der Waals surface area contributed by atoms with E-state index in [0.717, 1.165) is 31.3 Å². The van der Waals surface area contributed by atoms with Crippen LogP contribution < -0.4 is 0 Å². The lowest BCUT2D eigenvalue weighted by atomic mass is 9.44. The molecule has 0 aliphatic heterocycles. The van der Waals surface area contributed by atoms with Crippen LogP contribution in [-0.4, -0.2) is 33.5 Å². The van der Waals surface area contributed by atoms with Gasteiger partial charge in [0.25, 0.3) is 0 Å². The maximum Gasteiger partial charge on any atom is 0.155 e. The number of carbonyl (C=O) groups is 2. The first-order valence-corrected chi connectivity index (χ1v) is 9.78. The highest BCUT2D eigenvalue weighted by Gasteiger charge is 2.69. The van der Waals surface area contributed by atoms with E-state index in [2.05, 4.69) is 6.92 Å². The molecule has 0 spiro atoms. The van der Waals surface area contributed by atoms with Crippen LogP contribution in [0.25, 0.3) is 0 Å². The van der Waals surface area contributed by atoms with Crippen LogP contribution in [0.2, 0.25) is 0 Å². The number of hydrogen-bond donors (Lipinski definition) is 2. The summed E-state index contributed by atoms with van der Waals surface area (Å²) in [5, 5.41) is 23.0. The van der Waals surface area contributed by atoms with Gasteiger partial charge in [0.05, 0.1) is 11.7 Å². The second-order valence-electron chi connectivity index (χ2n) is 9.54. The molecule has 1 unspecified atom stereocenters. The summed E-state index contributed by atoms with van der Waals surface area (Å²) in [6.45, 7) is 5.81. The second kappa shape index (κ2) is 5.26. The van der Waals surface area contributed by atoms with Crippen molar-refractivity contribution in [2.45, 2.75) is 77.4 Å². The summed E-state index contributed by atoms with van der Waals surface area (Å²) in [7, 11) is 0. The second-order valence-corrected chi connectivity index (χ2v) is 9.54. The summed E-state index contributed by atoms with van der Waals surface area (Å²) in [5.41, 5.74) is -0.468. The van der Waals surface area contributed by atoms with Crippen LogP contribution in [0, 0.1) is 28.6 Å². The summed E-state index contributed by atoms with van der Waals surface area (Å²) < 4.78 is 0. The van der Waals surface area contributed by atoms with Gasteiger partial charge in [0.1, 0.15) is 5.78 Å². The molecule has 3 fully saturated rings. The normalized spacial score (nSPS) is 52.0. The zero-order chi connectivity index (χ0) is 18.2. The number of fused-ring (bicyclic) bond motifs is 5. The molecule has 25 heavy (non-hydrogen) atoms. The molecule has 4 aliphatic carbocycles. The minimum Gasteiger partial charge on any atom is -0.393 e. The number of aliphatic hydroxyl groups excluding tert-OH is 1. The van der Waals surface area contributed by atoms with E-state index < -0.39 is 17.1 Å². The minimum atomic E-state index is -0.886. The Hall–Kier alpha value is -1.00. The molecule has 138 valence electrons. The highest BCUT2D eigenvalue weighted by Crippen LogP contribution is 2.68. The number of ketones is 2. The molecule has 7 atom stereocenters. The zero-order valence-corrected chi connectivity index (χ0v) is 15.5. The Morgan fingerprint density at radius 1 is 1.20 bits per heavy atom. The first-order valence-electron chi connectivity index (χ1n) is 9.78. The molecule has 0 amide bonds. The van der Waals surface area contributed by atoms with Crippen LogP contribution >= 0.6 is 0 Å². The molecule has 4 nitrogen and oxygen atoms in total. The minimum absolute atomic E-state index is 0.000882. The molecule has 0 aromatic heterocycles. The van der Waals surface area contributed by atoms with E-state index >= 15 is 0 Å². The van der Waals surface area contributed by atoms with E-state index in [1.165, 1.54) is 0 Å². The van der Waals surface area contributed by atoms with Crippen LogP contribution in [0.15, 0.2) is 11.6 Å². The molecule has 4 aliphatic rings. The average molecular weight is 346 g/mol. The molecule has 4 rings (SSSR count). The van der Waals surface area contributed by atoms with E-state index in [1.807, 2.05) is 6.92 Å². The van der Waals surface area contributed by atoms with Crippen LogP contribution in [0.1, 0.15) is 65.7 Å². The number of rotatable bonds is 1. The van der Waals surface area contributed by atoms with Crippen LogP contribution in [0.5, 0.6) is 0 Å². The summed E-state index contributed by atoms with van der Waals surface area (Å²) in [5.74, 6) is 0.142. The fourth-order valence-electron chi connectivity index (χ4n) is 7.29. The maximum atomic E-state index is 12.2.